The summed E-state index contributed by atoms with van der Waals surface area (Å²) in [6, 6.07) is 20.9. The minimum absolute atomic E-state index is 0.0271. The van der Waals surface area contributed by atoms with E-state index >= 15 is 0 Å². The van der Waals surface area contributed by atoms with E-state index < -0.39 is 5.91 Å². The maximum absolute atomic E-state index is 12.5. The average molecular weight is 421 g/mol. The lowest BCUT2D eigenvalue weighted by atomic mass is 10.1. The second-order valence-corrected chi connectivity index (χ2v) is 6.66. The highest BCUT2D eigenvalue weighted by Gasteiger charge is 2.11. The summed E-state index contributed by atoms with van der Waals surface area (Å²) in [7, 11) is 0. The summed E-state index contributed by atoms with van der Waals surface area (Å²) in [6.07, 6.45) is 1.55. The molecular weight excluding hydrogens is 404 g/mol. The quantitative estimate of drug-likeness (QED) is 0.434. The summed E-state index contributed by atoms with van der Waals surface area (Å²) in [6.45, 7) is 2.47. The van der Waals surface area contributed by atoms with Crippen LogP contribution in [0.15, 0.2) is 70.7 Å². The standard InChI is InChI=1S/C22H17BrN2O2/c1-2-27-21-10-7-15(12-20(21)23)11-18(14-24)22(26)25-19-9-8-16-5-3-4-6-17(16)13-19/h3-13H,2H2,1H3,(H,25,26)/b18-11+. The van der Waals surface area contributed by atoms with Gasteiger partial charge in [0, 0.05) is 5.69 Å². The number of fused-ring (bicyclic) bond motifs is 1. The fourth-order valence-corrected chi connectivity index (χ4v) is 3.17. The molecule has 4 nitrogen and oxygen atoms in total. The van der Waals surface area contributed by atoms with Crippen molar-refractivity contribution in [2.75, 3.05) is 11.9 Å². The summed E-state index contributed by atoms with van der Waals surface area (Å²) >= 11 is 3.44. The van der Waals surface area contributed by atoms with Crippen molar-refractivity contribution in [3.63, 3.8) is 0 Å². The normalized spacial score (nSPS) is 11.1. The third-order valence-corrected chi connectivity index (χ3v) is 4.56. The zero-order chi connectivity index (χ0) is 19.2. The van der Waals surface area contributed by atoms with Crippen molar-refractivity contribution in [3.8, 4) is 11.8 Å². The Labute approximate surface area is 166 Å². The van der Waals surface area contributed by atoms with Gasteiger partial charge >= 0.3 is 0 Å². The summed E-state index contributed by atoms with van der Waals surface area (Å²) in [5.41, 5.74) is 1.41. The van der Waals surface area contributed by atoms with Gasteiger partial charge in [-0.2, -0.15) is 5.26 Å². The van der Waals surface area contributed by atoms with Crippen LogP contribution in [0.25, 0.3) is 16.8 Å². The number of hydrogen-bond acceptors (Lipinski definition) is 3. The first kappa shape index (κ1) is 18.7. The molecule has 5 heteroatoms. The van der Waals surface area contributed by atoms with E-state index in [-0.39, 0.29) is 5.57 Å². The van der Waals surface area contributed by atoms with E-state index in [1.54, 1.807) is 18.2 Å². The van der Waals surface area contributed by atoms with Crippen LogP contribution in [0.2, 0.25) is 0 Å². The van der Waals surface area contributed by atoms with Crippen molar-refractivity contribution < 1.29 is 9.53 Å². The van der Waals surface area contributed by atoms with Crippen molar-refractivity contribution in [3.05, 3.63) is 76.3 Å². The number of carbonyl (C=O) groups is 1. The molecule has 0 radical (unpaired) electrons. The van der Waals surface area contributed by atoms with E-state index in [9.17, 15) is 10.1 Å². The lowest BCUT2D eigenvalue weighted by Crippen LogP contribution is -2.13. The Morgan fingerprint density at radius 3 is 2.63 bits per heavy atom. The van der Waals surface area contributed by atoms with Crippen molar-refractivity contribution in [1.29, 1.82) is 5.26 Å². The van der Waals surface area contributed by atoms with Crippen LogP contribution in [-0.4, -0.2) is 12.5 Å². The summed E-state index contributed by atoms with van der Waals surface area (Å²) < 4.78 is 6.24. The van der Waals surface area contributed by atoms with Crippen molar-refractivity contribution >= 4 is 44.4 Å². The van der Waals surface area contributed by atoms with Crippen LogP contribution in [-0.2, 0) is 4.79 Å². The molecule has 0 heterocycles. The third kappa shape index (κ3) is 4.55. The molecule has 1 amide bonds. The molecule has 0 spiro atoms. The molecule has 0 aliphatic heterocycles. The van der Waals surface area contributed by atoms with Crippen LogP contribution in [0.1, 0.15) is 12.5 Å². The van der Waals surface area contributed by atoms with Gasteiger partial charge in [0.05, 0.1) is 11.1 Å². The highest BCUT2D eigenvalue weighted by atomic mass is 79.9. The number of nitrogens with one attached hydrogen (secondary N) is 1. The smallest absolute Gasteiger partial charge is 0.266 e. The van der Waals surface area contributed by atoms with Gasteiger partial charge in [0.15, 0.2) is 0 Å². The van der Waals surface area contributed by atoms with Crippen LogP contribution in [0.5, 0.6) is 5.75 Å². The van der Waals surface area contributed by atoms with Gasteiger partial charge in [-0.15, -0.1) is 0 Å². The fourth-order valence-electron chi connectivity index (χ4n) is 2.66. The molecule has 0 atom stereocenters. The number of rotatable bonds is 5. The van der Waals surface area contributed by atoms with Crippen molar-refractivity contribution in [2.45, 2.75) is 6.92 Å². The number of nitriles is 1. The van der Waals surface area contributed by atoms with E-state index in [1.165, 1.54) is 0 Å². The number of halogens is 1. The molecule has 0 bridgehead atoms. The van der Waals surface area contributed by atoms with Crippen LogP contribution in [0, 0.1) is 11.3 Å². The van der Waals surface area contributed by atoms with Crippen molar-refractivity contribution in [1.82, 2.24) is 0 Å². The Morgan fingerprint density at radius 1 is 1.15 bits per heavy atom. The van der Waals surface area contributed by atoms with Crippen LogP contribution < -0.4 is 10.1 Å². The van der Waals surface area contributed by atoms with E-state index in [1.807, 2.05) is 61.5 Å². The zero-order valence-corrected chi connectivity index (χ0v) is 16.3. The summed E-state index contributed by atoms with van der Waals surface area (Å²) in [5, 5.41) is 14.3. The molecule has 27 heavy (non-hydrogen) atoms. The van der Waals surface area contributed by atoms with Gasteiger partial charge in [-0.1, -0.05) is 36.4 Å². The Hall–Kier alpha value is -3.10. The number of nitrogens with zero attached hydrogens (tertiary/aromatic N) is 1. The second-order valence-electron chi connectivity index (χ2n) is 5.81. The Kier molecular flexibility index (Phi) is 5.90. The maximum Gasteiger partial charge on any atom is 0.266 e. The summed E-state index contributed by atoms with van der Waals surface area (Å²) in [4.78, 5) is 12.5. The van der Waals surface area contributed by atoms with Gasteiger partial charge < -0.3 is 10.1 Å². The second kappa shape index (κ2) is 8.52. The first-order valence-corrected chi connectivity index (χ1v) is 9.24. The number of ether oxygens (including phenoxy) is 1. The molecule has 3 aromatic rings. The van der Waals surface area contributed by atoms with Gasteiger partial charge in [0.2, 0.25) is 0 Å². The SMILES string of the molecule is CCOc1ccc(/C=C(\C#N)C(=O)Nc2ccc3ccccc3c2)cc1Br. The minimum atomic E-state index is -0.446. The van der Waals surface area contributed by atoms with Gasteiger partial charge in [-0.05, 0) is 69.5 Å². The molecule has 0 unspecified atom stereocenters. The number of benzene rings is 3. The van der Waals surface area contributed by atoms with Crippen LogP contribution in [0.4, 0.5) is 5.69 Å². The molecule has 0 fully saturated rings. The van der Waals surface area contributed by atoms with Crippen LogP contribution >= 0.6 is 15.9 Å². The fraction of sp³-hybridized carbons (Fsp3) is 0.0909. The molecule has 0 aromatic heterocycles. The van der Waals surface area contributed by atoms with Gasteiger partial charge in [-0.3, -0.25) is 4.79 Å². The van der Waals surface area contributed by atoms with E-state index in [2.05, 4.69) is 21.2 Å². The molecule has 0 saturated carbocycles. The van der Waals surface area contributed by atoms with E-state index in [0.29, 0.717) is 18.0 Å². The molecule has 0 saturated heterocycles. The Bertz CT molecular complexity index is 1070. The molecule has 134 valence electrons. The highest BCUT2D eigenvalue weighted by molar-refractivity contribution is 9.10. The van der Waals surface area contributed by atoms with Crippen LogP contribution in [0.3, 0.4) is 0 Å². The highest BCUT2D eigenvalue weighted by Crippen LogP contribution is 2.27. The predicted molar refractivity (Wildman–Crippen MR) is 111 cm³/mol. The minimum Gasteiger partial charge on any atom is -0.493 e. The number of amides is 1. The van der Waals surface area contributed by atoms with E-state index in [4.69, 9.17) is 4.74 Å². The molecule has 0 aliphatic rings. The number of hydrogen-bond donors (Lipinski definition) is 1. The summed E-state index contributed by atoms with van der Waals surface area (Å²) in [5.74, 6) is 0.270. The Balaban J connectivity index is 1.81. The van der Waals surface area contributed by atoms with Gasteiger partial charge in [0.25, 0.3) is 5.91 Å². The lowest BCUT2D eigenvalue weighted by Gasteiger charge is -2.07. The third-order valence-electron chi connectivity index (χ3n) is 3.94. The molecular formula is C22H17BrN2O2. The van der Waals surface area contributed by atoms with Gasteiger partial charge in [0.1, 0.15) is 17.4 Å². The maximum atomic E-state index is 12.5. The van der Waals surface area contributed by atoms with Gasteiger partial charge in [-0.25, -0.2) is 0 Å². The van der Waals surface area contributed by atoms with E-state index in [0.717, 1.165) is 20.8 Å². The first-order valence-electron chi connectivity index (χ1n) is 8.45. The number of anilines is 1. The molecule has 1 N–H and O–H groups in total. The average Bonchev–Trinajstić information content (AvgIpc) is 2.68. The predicted octanol–water partition coefficient (Wildman–Crippen LogP) is 5.55. The Morgan fingerprint density at radius 2 is 1.93 bits per heavy atom. The van der Waals surface area contributed by atoms with Crippen molar-refractivity contribution in [2.24, 2.45) is 0 Å². The molecule has 0 aliphatic carbocycles. The molecule has 3 aromatic carbocycles. The molecule has 3 rings (SSSR count). The first-order chi connectivity index (χ1) is 13.1. The number of carbonyl (C=O) groups excluding carboxylic acids is 1. The largest absolute Gasteiger partial charge is 0.493 e. The monoisotopic (exact) mass is 420 g/mol. The topological polar surface area (TPSA) is 62.1 Å². The lowest BCUT2D eigenvalue weighted by molar-refractivity contribution is -0.112. The zero-order valence-electron chi connectivity index (χ0n) is 14.7.